The molecule has 0 atom stereocenters. The van der Waals surface area contributed by atoms with Gasteiger partial charge in [-0.1, -0.05) is 34.1 Å². The van der Waals surface area contributed by atoms with E-state index in [0.717, 1.165) is 12.8 Å². The molecule has 1 aromatic heterocycles. The van der Waals surface area contributed by atoms with Gasteiger partial charge in [-0.2, -0.15) is 0 Å². The van der Waals surface area contributed by atoms with Crippen molar-refractivity contribution in [3.05, 3.63) is 32.4 Å². The summed E-state index contributed by atoms with van der Waals surface area (Å²) in [6, 6.07) is 6.42. The van der Waals surface area contributed by atoms with E-state index in [4.69, 9.17) is 0 Å². The molecule has 1 aliphatic carbocycles. The molecular formula is C12H8Br2S. The van der Waals surface area contributed by atoms with Gasteiger partial charge in [-0.15, -0.1) is 11.3 Å². The Bertz CT molecular complexity index is 652. The van der Waals surface area contributed by atoms with Gasteiger partial charge in [0.05, 0.1) is 0 Å². The Hall–Kier alpha value is -0.120. The van der Waals surface area contributed by atoms with E-state index in [-0.39, 0.29) is 0 Å². The Morgan fingerprint density at radius 1 is 1.20 bits per heavy atom. The second-order valence-corrected chi connectivity index (χ2v) is 6.44. The first-order chi connectivity index (χ1) is 7.27. The number of rotatable bonds is 0. The highest BCUT2D eigenvalue weighted by molar-refractivity contribution is 9.14. The van der Waals surface area contributed by atoms with Gasteiger partial charge < -0.3 is 0 Å². The molecule has 3 heteroatoms. The van der Waals surface area contributed by atoms with Crippen LogP contribution in [0.25, 0.3) is 20.6 Å². The number of fused-ring (bicyclic) bond motifs is 3. The van der Waals surface area contributed by atoms with Crippen LogP contribution in [0.3, 0.4) is 0 Å². The summed E-state index contributed by atoms with van der Waals surface area (Å²) in [6.07, 6.45) is 4.63. The van der Waals surface area contributed by atoms with Gasteiger partial charge in [-0.3, -0.25) is 0 Å². The lowest BCUT2D eigenvalue weighted by Gasteiger charge is -1.99. The third kappa shape index (κ3) is 1.52. The maximum Gasteiger partial charge on any atom is 0.0497 e. The SMILES string of the molecule is BrC1=c2sc3c(Br)cccc3c2=CCC1. The average Bonchev–Trinajstić information content (AvgIpc) is 2.60. The van der Waals surface area contributed by atoms with E-state index >= 15 is 0 Å². The molecule has 3 rings (SSSR count). The minimum atomic E-state index is 1.14. The lowest BCUT2D eigenvalue weighted by molar-refractivity contribution is 1.12. The molecule has 0 saturated carbocycles. The minimum Gasteiger partial charge on any atom is -0.133 e. The predicted molar refractivity (Wildman–Crippen MR) is 74.8 cm³/mol. The lowest BCUT2D eigenvalue weighted by Crippen LogP contribution is -2.22. The molecule has 0 radical (unpaired) electrons. The summed E-state index contributed by atoms with van der Waals surface area (Å²) in [7, 11) is 0. The van der Waals surface area contributed by atoms with Gasteiger partial charge in [0.2, 0.25) is 0 Å². The van der Waals surface area contributed by atoms with Crippen LogP contribution in [0.2, 0.25) is 0 Å². The fraction of sp³-hybridized carbons (Fsp3) is 0.167. The van der Waals surface area contributed by atoms with Crippen molar-refractivity contribution in [1.82, 2.24) is 0 Å². The van der Waals surface area contributed by atoms with Crippen molar-refractivity contribution in [3.63, 3.8) is 0 Å². The maximum absolute atomic E-state index is 3.68. The molecule has 1 heterocycles. The smallest absolute Gasteiger partial charge is 0.0497 e. The van der Waals surface area contributed by atoms with Crippen LogP contribution in [0.1, 0.15) is 12.8 Å². The van der Waals surface area contributed by atoms with Crippen LogP contribution in [-0.4, -0.2) is 0 Å². The predicted octanol–water partition coefficient (Wildman–Crippen LogP) is 3.74. The highest BCUT2D eigenvalue weighted by atomic mass is 79.9. The third-order valence-electron chi connectivity index (χ3n) is 2.66. The first-order valence-electron chi connectivity index (χ1n) is 4.83. The number of hydrogen-bond donors (Lipinski definition) is 0. The standard InChI is InChI=1S/C12H8Br2S/c13-9-5-1-3-7-8-4-2-6-10(14)12(8)15-11(7)9/h1,3-5H,2,6H2. The minimum absolute atomic E-state index is 1.14. The molecule has 1 aliphatic rings. The van der Waals surface area contributed by atoms with Gasteiger partial charge in [0.1, 0.15) is 0 Å². The van der Waals surface area contributed by atoms with Crippen LogP contribution in [0, 0.1) is 0 Å². The second-order valence-electron chi connectivity index (χ2n) is 3.61. The summed E-state index contributed by atoms with van der Waals surface area (Å²) in [5.41, 5.74) is 0. The maximum atomic E-state index is 3.68. The Labute approximate surface area is 109 Å². The van der Waals surface area contributed by atoms with E-state index in [2.05, 4.69) is 56.1 Å². The molecule has 0 spiro atoms. The molecular weight excluding hydrogens is 336 g/mol. The largest absolute Gasteiger partial charge is 0.133 e. The van der Waals surface area contributed by atoms with Crippen LogP contribution >= 0.6 is 43.2 Å². The van der Waals surface area contributed by atoms with E-state index < -0.39 is 0 Å². The van der Waals surface area contributed by atoms with Crippen molar-refractivity contribution in [2.45, 2.75) is 12.8 Å². The zero-order chi connectivity index (χ0) is 10.4. The highest BCUT2D eigenvalue weighted by Gasteiger charge is 2.09. The van der Waals surface area contributed by atoms with Gasteiger partial charge in [-0.05, 0) is 40.1 Å². The molecule has 0 nitrogen and oxygen atoms in total. The second kappa shape index (κ2) is 3.72. The van der Waals surface area contributed by atoms with E-state index in [1.807, 2.05) is 11.3 Å². The first kappa shape index (κ1) is 10.1. The lowest BCUT2D eigenvalue weighted by atomic mass is 10.1. The van der Waals surface area contributed by atoms with Crippen LogP contribution in [0.4, 0.5) is 0 Å². The Kier molecular flexibility index (Phi) is 2.49. The van der Waals surface area contributed by atoms with Crippen LogP contribution < -0.4 is 9.75 Å². The zero-order valence-corrected chi connectivity index (χ0v) is 11.9. The topological polar surface area (TPSA) is 0 Å². The molecule has 0 saturated heterocycles. The number of benzene rings is 1. The zero-order valence-electron chi connectivity index (χ0n) is 7.89. The van der Waals surface area contributed by atoms with E-state index in [9.17, 15) is 0 Å². The summed E-state index contributed by atoms with van der Waals surface area (Å²) >= 11 is 9.17. The van der Waals surface area contributed by atoms with Gasteiger partial charge in [0, 0.05) is 23.6 Å². The van der Waals surface area contributed by atoms with Crippen LogP contribution in [-0.2, 0) is 0 Å². The van der Waals surface area contributed by atoms with E-state index in [1.165, 1.54) is 28.8 Å². The van der Waals surface area contributed by atoms with Crippen molar-refractivity contribution < 1.29 is 0 Å². The Balaban J connectivity index is 2.64. The molecule has 0 fully saturated rings. The molecule has 1 aromatic carbocycles. The van der Waals surface area contributed by atoms with Crippen LogP contribution in [0.5, 0.6) is 0 Å². The van der Waals surface area contributed by atoms with Crippen molar-refractivity contribution in [2.75, 3.05) is 0 Å². The summed E-state index contributed by atoms with van der Waals surface area (Å²) in [6.45, 7) is 0. The number of thiophene rings is 1. The molecule has 0 N–H and O–H groups in total. The molecule has 0 bridgehead atoms. The van der Waals surface area contributed by atoms with Gasteiger partial charge in [0.25, 0.3) is 0 Å². The Morgan fingerprint density at radius 3 is 2.93 bits per heavy atom. The highest BCUT2D eigenvalue weighted by Crippen LogP contribution is 2.26. The number of hydrogen-bond acceptors (Lipinski definition) is 1. The average molecular weight is 344 g/mol. The summed E-state index contributed by atoms with van der Waals surface area (Å²) in [5, 5.41) is 2.79. The summed E-state index contributed by atoms with van der Waals surface area (Å²) < 4.78 is 5.32. The molecule has 0 unspecified atom stereocenters. The van der Waals surface area contributed by atoms with Crippen molar-refractivity contribution in [3.8, 4) is 0 Å². The molecule has 0 aliphatic heterocycles. The summed E-state index contributed by atoms with van der Waals surface area (Å²) in [4.78, 5) is 0. The molecule has 76 valence electrons. The van der Waals surface area contributed by atoms with Gasteiger partial charge in [-0.25, -0.2) is 0 Å². The van der Waals surface area contributed by atoms with Gasteiger partial charge >= 0.3 is 0 Å². The monoisotopic (exact) mass is 342 g/mol. The fourth-order valence-corrected chi connectivity index (χ4v) is 4.43. The molecule has 2 aromatic rings. The Morgan fingerprint density at radius 2 is 2.07 bits per heavy atom. The number of halogens is 2. The van der Waals surface area contributed by atoms with Crippen molar-refractivity contribution in [1.29, 1.82) is 0 Å². The van der Waals surface area contributed by atoms with Crippen molar-refractivity contribution >= 4 is 63.8 Å². The van der Waals surface area contributed by atoms with Crippen molar-refractivity contribution in [2.24, 2.45) is 0 Å². The molecule has 0 amide bonds. The quantitative estimate of drug-likeness (QED) is 0.683. The first-order valence-corrected chi connectivity index (χ1v) is 7.23. The van der Waals surface area contributed by atoms with E-state index in [0.29, 0.717) is 0 Å². The molecule has 15 heavy (non-hydrogen) atoms. The normalized spacial score (nSPS) is 15.2. The fourth-order valence-electron chi connectivity index (χ4n) is 1.96. The van der Waals surface area contributed by atoms with Gasteiger partial charge in [0.15, 0.2) is 0 Å². The third-order valence-corrected chi connectivity index (χ3v) is 5.96. The van der Waals surface area contributed by atoms with E-state index in [1.54, 1.807) is 0 Å². The summed E-state index contributed by atoms with van der Waals surface area (Å²) in [5.74, 6) is 0. The van der Waals surface area contributed by atoms with Crippen LogP contribution in [0.15, 0.2) is 22.7 Å².